The minimum atomic E-state index is -4.75. The number of hydrogen-bond acceptors (Lipinski definition) is 11. The highest BCUT2D eigenvalue weighted by molar-refractivity contribution is 7.92. The number of anilines is 1. The van der Waals surface area contributed by atoms with Gasteiger partial charge in [0.15, 0.2) is 16.9 Å². The number of nitrogens with two attached hydrogens (primary N) is 1. The fraction of sp³-hybridized carbons (Fsp3) is 0.500. The van der Waals surface area contributed by atoms with Gasteiger partial charge in [0, 0.05) is 5.38 Å². The molecule has 0 spiro atoms. The first-order chi connectivity index (χ1) is 15.8. The predicted molar refractivity (Wildman–Crippen MR) is 105 cm³/mol. The van der Waals surface area contributed by atoms with Gasteiger partial charge in [-0.05, 0) is 11.2 Å². The van der Waals surface area contributed by atoms with E-state index in [9.17, 15) is 42.0 Å². The highest BCUT2D eigenvalue weighted by atomic mass is 32.2. The molecule has 3 aliphatic rings. The summed E-state index contributed by atoms with van der Waals surface area (Å²) in [6, 6.07) is -1.53. The van der Waals surface area contributed by atoms with Crippen LogP contribution in [0.3, 0.4) is 0 Å². The van der Waals surface area contributed by atoms with Crippen LogP contribution in [0.1, 0.15) is 12.1 Å². The van der Waals surface area contributed by atoms with Gasteiger partial charge in [0.1, 0.15) is 11.4 Å². The summed E-state index contributed by atoms with van der Waals surface area (Å²) in [5.41, 5.74) is 2.13. The molecule has 1 aromatic rings. The van der Waals surface area contributed by atoms with Crippen molar-refractivity contribution in [3.8, 4) is 0 Å². The molecule has 13 nitrogen and oxygen atoms in total. The van der Waals surface area contributed by atoms with Crippen molar-refractivity contribution >= 4 is 57.1 Å². The van der Waals surface area contributed by atoms with Gasteiger partial charge in [-0.15, -0.1) is 11.3 Å². The molecule has 3 aliphatic heterocycles. The average Bonchev–Trinajstić information content (AvgIpc) is 3.29. The first-order valence-corrected chi connectivity index (χ1v) is 11.6. The number of thiazole rings is 1. The molecule has 18 heteroatoms. The Morgan fingerprint density at radius 3 is 2.79 bits per heavy atom. The Labute approximate surface area is 194 Å². The summed E-state index contributed by atoms with van der Waals surface area (Å²) in [7, 11) is 0. The summed E-state index contributed by atoms with van der Waals surface area (Å²) in [6.45, 7) is -1.82. The number of nitrogens with zero attached hydrogens (tertiary/aromatic N) is 3. The third-order valence-electron chi connectivity index (χ3n) is 5.23. The van der Waals surface area contributed by atoms with E-state index >= 15 is 0 Å². The number of carbonyl (C=O) groups excluding carboxylic acids is 3. The summed E-state index contributed by atoms with van der Waals surface area (Å²) >= 11 is -1.04. The van der Waals surface area contributed by atoms with Gasteiger partial charge >= 0.3 is 18.1 Å². The Morgan fingerprint density at radius 1 is 1.50 bits per heavy atom. The third kappa shape index (κ3) is 3.90. The minimum absolute atomic E-state index is 0.0388. The van der Waals surface area contributed by atoms with E-state index < -0.39 is 76.5 Å². The molecule has 0 bridgehead atoms. The Kier molecular flexibility index (Phi) is 5.85. The van der Waals surface area contributed by atoms with Crippen LogP contribution in [-0.4, -0.2) is 84.7 Å². The Bertz CT molecular complexity index is 1100. The quantitative estimate of drug-likeness (QED) is 0.133. The van der Waals surface area contributed by atoms with E-state index in [-0.39, 0.29) is 23.0 Å². The van der Waals surface area contributed by atoms with Crippen LogP contribution in [0.5, 0.6) is 0 Å². The summed E-state index contributed by atoms with van der Waals surface area (Å²) in [5, 5.41) is 14.9. The van der Waals surface area contributed by atoms with Crippen molar-refractivity contribution in [1.29, 1.82) is 0 Å². The van der Waals surface area contributed by atoms with Gasteiger partial charge in [-0.25, -0.2) is 14.7 Å². The van der Waals surface area contributed by atoms with Crippen LogP contribution in [-0.2, 0) is 39.9 Å². The van der Waals surface area contributed by atoms with Gasteiger partial charge in [-0.3, -0.25) is 14.4 Å². The van der Waals surface area contributed by atoms with Crippen LogP contribution >= 0.6 is 11.3 Å². The largest absolute Gasteiger partial charge is 0.615 e. The van der Waals surface area contributed by atoms with Crippen LogP contribution < -0.4 is 11.1 Å². The molecule has 5 atom stereocenters. The molecule has 0 radical (unpaired) electrons. The molecule has 3 fully saturated rings. The van der Waals surface area contributed by atoms with Gasteiger partial charge in [0.05, 0.1) is 12.3 Å². The second-order valence-corrected chi connectivity index (χ2v) is 9.84. The van der Waals surface area contributed by atoms with Gasteiger partial charge in [0.2, 0.25) is 12.0 Å². The molecule has 4 rings (SSSR count). The SMILES string of the molecule is Nc1nc(/C(=N/OCC(F)(F)F)C(=O)N[C@@H]2C(=O)N3[C@@H]2[S@@+]([O-])C[C@@H]2CC(=O)O[C@@]23C(=O)O)cs1. The number of aromatic nitrogens is 1. The monoisotopic (exact) mass is 525 g/mol. The van der Waals surface area contributed by atoms with Crippen LogP contribution in [0.4, 0.5) is 18.3 Å². The van der Waals surface area contributed by atoms with Crippen molar-refractivity contribution < 1.29 is 51.6 Å². The van der Waals surface area contributed by atoms with E-state index in [0.717, 1.165) is 11.3 Å². The van der Waals surface area contributed by atoms with E-state index in [0.29, 0.717) is 4.90 Å². The maximum atomic E-state index is 12.8. The number of rotatable bonds is 6. The lowest BCUT2D eigenvalue weighted by molar-refractivity contribution is -0.216. The van der Waals surface area contributed by atoms with E-state index in [4.69, 9.17) is 10.5 Å². The summed E-state index contributed by atoms with van der Waals surface area (Å²) in [5.74, 6) is -6.09. The van der Waals surface area contributed by atoms with Gasteiger partial charge in [-0.1, -0.05) is 5.16 Å². The third-order valence-corrected chi connectivity index (χ3v) is 7.65. The normalized spacial score (nSPS) is 30.7. The number of amides is 2. The van der Waals surface area contributed by atoms with E-state index in [1.54, 1.807) is 0 Å². The highest BCUT2D eigenvalue weighted by Crippen LogP contribution is 2.48. The second-order valence-electron chi connectivity index (χ2n) is 7.37. The smallest absolute Gasteiger partial charge is 0.425 e. The molecule has 0 saturated carbocycles. The molecule has 34 heavy (non-hydrogen) atoms. The predicted octanol–water partition coefficient (Wildman–Crippen LogP) is -1.23. The fourth-order valence-corrected chi connectivity index (χ4v) is 6.34. The number of nitrogen functional groups attached to an aromatic ring is 1. The number of hydrogen-bond donors (Lipinski definition) is 3. The number of oxime groups is 1. The number of alkyl halides is 3. The number of esters is 1. The van der Waals surface area contributed by atoms with Crippen molar-refractivity contribution in [2.45, 2.75) is 29.7 Å². The zero-order valence-corrected chi connectivity index (χ0v) is 18.2. The van der Waals surface area contributed by atoms with Crippen molar-refractivity contribution in [3.05, 3.63) is 11.1 Å². The molecule has 0 aliphatic carbocycles. The number of ether oxygens (including phenoxy) is 1. The number of carboxylic acid groups (broad SMARTS) is 1. The van der Waals surface area contributed by atoms with Gasteiger partial charge in [-0.2, -0.15) is 13.2 Å². The molecule has 1 aromatic heterocycles. The first kappa shape index (κ1) is 24.0. The standard InChI is InChI=1S/C16H14F3N5O8S2/c17-15(18,19)4-31-23-8(6-2-33-14(20)21-6)10(26)22-9-11(27)24-12(9)34(30)3-5-1-7(25)32-16(5,24)13(28)29/h2,5,9,12H,1,3-4H2,(H2,20,21)(H,22,26)(H,28,29)/b23-8-/t5-,9+,12+,16+,34-/m0/s1. The number of halogens is 3. The molecule has 184 valence electrons. The summed E-state index contributed by atoms with van der Waals surface area (Å²) in [6.07, 6.45) is -5.11. The summed E-state index contributed by atoms with van der Waals surface area (Å²) in [4.78, 5) is 57.9. The van der Waals surface area contributed by atoms with Crippen molar-refractivity contribution in [2.75, 3.05) is 18.1 Å². The number of fused-ring (bicyclic) bond motifs is 3. The molecular formula is C16H14F3N5O8S2. The maximum Gasteiger partial charge on any atom is 0.425 e. The number of β-lactam (4-membered cyclic amide) rings is 1. The maximum absolute atomic E-state index is 12.8. The van der Waals surface area contributed by atoms with Crippen molar-refractivity contribution in [2.24, 2.45) is 11.1 Å². The van der Waals surface area contributed by atoms with Gasteiger partial charge in [0.25, 0.3) is 17.5 Å². The number of nitrogens with one attached hydrogen (secondary N) is 1. The van der Waals surface area contributed by atoms with Crippen molar-refractivity contribution in [3.63, 3.8) is 0 Å². The molecule has 2 amide bonds. The average molecular weight is 525 g/mol. The van der Waals surface area contributed by atoms with Crippen LogP contribution in [0.15, 0.2) is 10.5 Å². The van der Waals surface area contributed by atoms with Crippen molar-refractivity contribution in [1.82, 2.24) is 15.2 Å². The Morgan fingerprint density at radius 2 is 2.21 bits per heavy atom. The first-order valence-electron chi connectivity index (χ1n) is 9.29. The van der Waals surface area contributed by atoms with Crippen LogP contribution in [0, 0.1) is 5.92 Å². The van der Waals surface area contributed by atoms with Crippen LogP contribution in [0.25, 0.3) is 0 Å². The number of aliphatic carboxylic acids is 1. The number of carboxylic acids is 1. The molecule has 4 N–H and O–H groups in total. The lowest BCUT2D eigenvalue weighted by Crippen LogP contribution is -2.84. The van der Waals surface area contributed by atoms with E-state index in [2.05, 4.69) is 20.3 Å². The van der Waals surface area contributed by atoms with E-state index in [1.165, 1.54) is 5.38 Å². The lowest BCUT2D eigenvalue weighted by atomic mass is 9.89. The molecule has 4 heterocycles. The highest BCUT2D eigenvalue weighted by Gasteiger charge is 2.76. The molecule has 3 saturated heterocycles. The fourth-order valence-electron chi connectivity index (χ4n) is 3.87. The van der Waals surface area contributed by atoms with E-state index in [1.807, 2.05) is 0 Å². The summed E-state index contributed by atoms with van der Waals surface area (Å²) < 4.78 is 54.9. The second kappa shape index (κ2) is 8.27. The Balaban J connectivity index is 1.57. The Hall–Kier alpha value is -3.12. The topological polar surface area (TPSA) is 197 Å². The molecule has 0 unspecified atom stereocenters. The van der Waals surface area contributed by atoms with Crippen LogP contribution in [0.2, 0.25) is 0 Å². The molecular weight excluding hydrogens is 511 g/mol. The zero-order valence-electron chi connectivity index (χ0n) is 16.6. The lowest BCUT2D eigenvalue weighted by Gasteiger charge is -2.55. The zero-order chi connectivity index (χ0) is 25.0. The minimum Gasteiger partial charge on any atom is -0.615 e. The number of carbonyl (C=O) groups is 4. The van der Waals surface area contributed by atoms with Gasteiger partial charge < -0.3 is 30.3 Å². The molecule has 0 aromatic carbocycles.